The van der Waals surface area contributed by atoms with Crippen molar-refractivity contribution in [3.63, 3.8) is 0 Å². The fourth-order valence-corrected chi connectivity index (χ4v) is 3.85. The number of esters is 1. The quantitative estimate of drug-likeness (QED) is 0.408. The van der Waals surface area contributed by atoms with E-state index >= 15 is 0 Å². The summed E-state index contributed by atoms with van der Waals surface area (Å²) in [6, 6.07) is 0. The summed E-state index contributed by atoms with van der Waals surface area (Å²) in [6.45, 7) is 7.01. The molecule has 1 saturated heterocycles. The maximum Gasteiger partial charge on any atom is 0.303 e. The summed E-state index contributed by atoms with van der Waals surface area (Å²) in [5, 5.41) is 7.53. The highest BCUT2D eigenvalue weighted by atomic mass is 16.6. The van der Waals surface area contributed by atoms with Crippen molar-refractivity contribution >= 4 is 29.3 Å². The van der Waals surface area contributed by atoms with E-state index in [1.54, 1.807) is 17.7 Å². The van der Waals surface area contributed by atoms with E-state index in [1.807, 2.05) is 13.8 Å². The number of carbonyl (C=O) groups is 2. The van der Waals surface area contributed by atoms with Crippen LogP contribution in [0.4, 0.5) is 0 Å². The molecule has 0 aliphatic carbocycles. The van der Waals surface area contributed by atoms with Gasteiger partial charge in [0.1, 0.15) is 18.1 Å². The van der Waals surface area contributed by atoms with Crippen LogP contribution >= 0.6 is 0 Å². The lowest BCUT2D eigenvalue weighted by Crippen LogP contribution is -2.29. The van der Waals surface area contributed by atoms with Crippen molar-refractivity contribution in [1.29, 1.82) is 5.41 Å². The fourth-order valence-electron chi connectivity index (χ4n) is 3.85. The van der Waals surface area contributed by atoms with E-state index in [4.69, 9.17) is 25.4 Å². The van der Waals surface area contributed by atoms with Crippen LogP contribution in [-0.4, -0.2) is 45.0 Å². The number of amides is 1. The van der Waals surface area contributed by atoms with Crippen molar-refractivity contribution in [3.8, 4) is 0 Å². The zero-order valence-electron chi connectivity index (χ0n) is 16.8. The SMILES string of the molecule is CC[C@H]1O[C@@H](n2cc(C(N)=O)c3c(COC=N)nc(C)nc32)C(OC(C)=O)[C@@H]1C. The number of rotatable bonds is 7. The molecule has 3 heterocycles. The van der Waals surface area contributed by atoms with Crippen LogP contribution in [0.15, 0.2) is 6.20 Å². The molecule has 10 nitrogen and oxygen atoms in total. The maximum absolute atomic E-state index is 12.1. The first-order chi connectivity index (χ1) is 13.8. The summed E-state index contributed by atoms with van der Waals surface area (Å²) in [5.41, 5.74) is 6.68. The number of fused-ring (bicyclic) bond motifs is 1. The Kier molecular flexibility index (Phi) is 5.83. The largest absolute Gasteiger partial charge is 0.477 e. The van der Waals surface area contributed by atoms with Crippen molar-refractivity contribution in [2.24, 2.45) is 11.7 Å². The molecule has 0 bridgehead atoms. The number of aromatic nitrogens is 3. The van der Waals surface area contributed by atoms with Gasteiger partial charge in [0.25, 0.3) is 5.91 Å². The number of ether oxygens (including phenoxy) is 3. The Hall–Kier alpha value is -3.01. The minimum absolute atomic E-state index is 0.0134. The molecule has 0 radical (unpaired) electrons. The molecule has 156 valence electrons. The van der Waals surface area contributed by atoms with Gasteiger partial charge < -0.3 is 24.5 Å². The van der Waals surface area contributed by atoms with Crippen molar-refractivity contribution in [2.75, 3.05) is 0 Å². The molecule has 1 aliphatic rings. The van der Waals surface area contributed by atoms with E-state index in [0.29, 0.717) is 22.6 Å². The summed E-state index contributed by atoms with van der Waals surface area (Å²) >= 11 is 0. The monoisotopic (exact) mass is 403 g/mol. The molecule has 0 saturated carbocycles. The number of carbonyl (C=O) groups excluding carboxylic acids is 2. The summed E-state index contributed by atoms with van der Waals surface area (Å²) in [6.07, 6.45) is 1.76. The fraction of sp³-hybridized carbons (Fsp3) is 0.526. The first-order valence-electron chi connectivity index (χ1n) is 9.39. The number of hydrogen-bond acceptors (Lipinski definition) is 8. The van der Waals surface area contributed by atoms with Crippen LogP contribution < -0.4 is 5.73 Å². The average molecular weight is 403 g/mol. The molecule has 1 amide bonds. The van der Waals surface area contributed by atoms with Gasteiger partial charge in [-0.25, -0.2) is 9.97 Å². The van der Waals surface area contributed by atoms with Gasteiger partial charge in [0, 0.05) is 19.0 Å². The Morgan fingerprint density at radius 1 is 1.41 bits per heavy atom. The predicted molar refractivity (Wildman–Crippen MR) is 103 cm³/mol. The third kappa shape index (κ3) is 3.80. The summed E-state index contributed by atoms with van der Waals surface area (Å²) in [4.78, 5) is 32.7. The van der Waals surface area contributed by atoms with Gasteiger partial charge in [-0.1, -0.05) is 13.8 Å². The molecular weight excluding hydrogens is 378 g/mol. The lowest BCUT2D eigenvalue weighted by Gasteiger charge is -2.22. The molecule has 0 spiro atoms. The van der Waals surface area contributed by atoms with Crippen molar-refractivity contribution in [1.82, 2.24) is 14.5 Å². The van der Waals surface area contributed by atoms with Gasteiger partial charge >= 0.3 is 5.97 Å². The van der Waals surface area contributed by atoms with E-state index in [1.165, 1.54) is 6.92 Å². The second-order valence-electron chi connectivity index (χ2n) is 7.07. The number of primary amides is 1. The number of aryl methyl sites for hydroxylation is 1. The van der Waals surface area contributed by atoms with Crippen molar-refractivity contribution in [3.05, 3.63) is 23.3 Å². The van der Waals surface area contributed by atoms with Crippen LogP contribution in [0.5, 0.6) is 0 Å². The van der Waals surface area contributed by atoms with Crippen LogP contribution in [0.2, 0.25) is 0 Å². The number of nitrogens with two attached hydrogens (primary N) is 1. The Bertz CT molecular complexity index is 956. The predicted octanol–water partition coefficient (Wildman–Crippen LogP) is 1.84. The van der Waals surface area contributed by atoms with Gasteiger partial charge in [-0.05, 0) is 13.3 Å². The van der Waals surface area contributed by atoms with E-state index in [2.05, 4.69) is 9.97 Å². The zero-order chi connectivity index (χ0) is 21.3. The second kappa shape index (κ2) is 8.16. The molecular formula is C19H25N5O5. The Labute approximate surface area is 167 Å². The van der Waals surface area contributed by atoms with Crippen LogP contribution in [-0.2, 0) is 25.6 Å². The Morgan fingerprint density at radius 2 is 2.14 bits per heavy atom. The molecule has 2 aromatic rings. The zero-order valence-corrected chi connectivity index (χ0v) is 16.8. The highest BCUT2D eigenvalue weighted by molar-refractivity contribution is 6.06. The lowest BCUT2D eigenvalue weighted by molar-refractivity contribution is -0.153. The summed E-state index contributed by atoms with van der Waals surface area (Å²) < 4.78 is 18.5. The highest BCUT2D eigenvalue weighted by Crippen LogP contribution is 2.40. The number of nitrogens with zero attached hydrogens (tertiary/aromatic N) is 3. The van der Waals surface area contributed by atoms with Gasteiger partial charge in [0.2, 0.25) is 0 Å². The van der Waals surface area contributed by atoms with Crippen molar-refractivity contribution in [2.45, 2.75) is 59.2 Å². The minimum atomic E-state index is -0.666. The minimum Gasteiger partial charge on any atom is -0.477 e. The lowest BCUT2D eigenvalue weighted by atomic mass is 9.98. The molecule has 10 heteroatoms. The average Bonchev–Trinajstić information content (AvgIpc) is 3.18. The van der Waals surface area contributed by atoms with Crippen LogP contribution in [0.1, 0.15) is 55.3 Å². The van der Waals surface area contributed by atoms with Gasteiger partial charge in [0.15, 0.2) is 18.7 Å². The van der Waals surface area contributed by atoms with E-state index in [9.17, 15) is 9.59 Å². The first kappa shape index (κ1) is 20.7. The van der Waals surface area contributed by atoms with Gasteiger partial charge in [-0.3, -0.25) is 15.0 Å². The molecule has 29 heavy (non-hydrogen) atoms. The van der Waals surface area contributed by atoms with E-state index < -0.39 is 24.2 Å². The van der Waals surface area contributed by atoms with Crippen LogP contribution in [0.3, 0.4) is 0 Å². The van der Waals surface area contributed by atoms with E-state index in [0.717, 1.165) is 12.8 Å². The summed E-state index contributed by atoms with van der Waals surface area (Å²) in [7, 11) is 0. The Balaban J connectivity index is 2.20. The van der Waals surface area contributed by atoms with Crippen LogP contribution in [0.25, 0.3) is 11.0 Å². The third-order valence-corrected chi connectivity index (χ3v) is 5.11. The molecule has 4 atom stereocenters. The molecule has 0 aromatic carbocycles. The molecule has 2 aromatic heterocycles. The molecule has 3 N–H and O–H groups in total. The van der Waals surface area contributed by atoms with Gasteiger partial charge in [-0.2, -0.15) is 0 Å². The van der Waals surface area contributed by atoms with E-state index in [-0.39, 0.29) is 24.2 Å². The van der Waals surface area contributed by atoms with Gasteiger partial charge in [-0.15, -0.1) is 0 Å². The van der Waals surface area contributed by atoms with Crippen molar-refractivity contribution < 1.29 is 23.8 Å². The molecule has 1 unspecified atom stereocenters. The second-order valence-corrected chi connectivity index (χ2v) is 7.07. The molecule has 1 fully saturated rings. The molecule has 1 aliphatic heterocycles. The van der Waals surface area contributed by atoms with Gasteiger partial charge in [0.05, 0.1) is 22.7 Å². The number of hydrogen-bond donors (Lipinski definition) is 2. The highest BCUT2D eigenvalue weighted by Gasteiger charge is 2.45. The first-order valence-corrected chi connectivity index (χ1v) is 9.39. The third-order valence-electron chi connectivity index (χ3n) is 5.11. The number of nitrogens with one attached hydrogen (secondary N) is 1. The normalized spacial score (nSPS) is 23.9. The topological polar surface area (TPSA) is 142 Å². The molecule has 3 rings (SSSR count). The standard InChI is InChI=1S/C19H25N5O5/c1-5-14-9(2)16(28-11(4)25)19(29-14)24-6-12(17(21)26)15-13(7-27-8-20)22-10(3)23-18(15)24/h6,8-9,14,16,19-20H,5,7H2,1-4H3,(H2,21,26)/t9-,14-,16?,19-/m1/s1. The maximum atomic E-state index is 12.1. The van der Waals surface area contributed by atoms with Crippen LogP contribution in [0, 0.1) is 18.3 Å². The Morgan fingerprint density at radius 3 is 2.72 bits per heavy atom. The summed E-state index contributed by atoms with van der Waals surface area (Å²) in [5.74, 6) is -0.658. The smallest absolute Gasteiger partial charge is 0.303 e.